The van der Waals surface area contributed by atoms with Crippen LogP contribution >= 0.6 is 0 Å². The Morgan fingerprint density at radius 1 is 1.29 bits per heavy atom. The first kappa shape index (κ1) is 13.1. The van der Waals surface area contributed by atoms with Crippen molar-refractivity contribution in [3.05, 3.63) is 36.0 Å². The lowest BCUT2D eigenvalue weighted by atomic mass is 10.2. The number of hydrogen-bond acceptors (Lipinski definition) is 2. The molecule has 0 aliphatic rings. The predicted molar refractivity (Wildman–Crippen MR) is 68.8 cm³/mol. The molecule has 92 valence electrons. The van der Waals surface area contributed by atoms with Gasteiger partial charge in [0.25, 0.3) is 0 Å². The summed E-state index contributed by atoms with van der Waals surface area (Å²) in [4.78, 5) is 11.3. The Hall–Kier alpha value is -1.97. The van der Waals surface area contributed by atoms with E-state index in [1.54, 1.807) is 13.3 Å². The van der Waals surface area contributed by atoms with E-state index in [-0.39, 0.29) is 12.1 Å². The largest absolute Gasteiger partial charge is 0.497 e. The second-order valence-corrected chi connectivity index (χ2v) is 3.88. The summed E-state index contributed by atoms with van der Waals surface area (Å²) in [6, 6.07) is 7.49. The van der Waals surface area contributed by atoms with E-state index in [1.807, 2.05) is 44.2 Å². The molecule has 0 aliphatic carbocycles. The summed E-state index contributed by atoms with van der Waals surface area (Å²) in [5, 5.41) is 5.36. The minimum absolute atomic E-state index is 0.129. The van der Waals surface area contributed by atoms with Gasteiger partial charge in [0, 0.05) is 12.2 Å². The molecule has 0 aromatic heterocycles. The molecule has 2 N–H and O–H groups in total. The normalized spacial score (nSPS) is 10.6. The quantitative estimate of drug-likeness (QED) is 0.840. The molecule has 17 heavy (non-hydrogen) atoms. The SMILES string of the molecule is COc1ccc(/C=C/NC(=O)NC(C)C)cc1. The lowest BCUT2D eigenvalue weighted by Crippen LogP contribution is -2.36. The van der Waals surface area contributed by atoms with Gasteiger partial charge in [-0.05, 0) is 37.6 Å². The van der Waals surface area contributed by atoms with Crippen molar-refractivity contribution in [2.75, 3.05) is 7.11 Å². The van der Waals surface area contributed by atoms with Crippen molar-refractivity contribution in [2.24, 2.45) is 0 Å². The molecule has 0 saturated carbocycles. The molecule has 0 saturated heterocycles. The number of nitrogens with one attached hydrogen (secondary N) is 2. The van der Waals surface area contributed by atoms with Gasteiger partial charge in [0.1, 0.15) is 5.75 Å². The number of benzene rings is 1. The molecular formula is C13H18N2O2. The highest BCUT2D eigenvalue weighted by atomic mass is 16.5. The number of ether oxygens (including phenoxy) is 1. The van der Waals surface area contributed by atoms with Gasteiger partial charge >= 0.3 is 6.03 Å². The number of methoxy groups -OCH3 is 1. The van der Waals surface area contributed by atoms with Crippen LogP contribution in [0.2, 0.25) is 0 Å². The van der Waals surface area contributed by atoms with Gasteiger partial charge in [-0.25, -0.2) is 4.79 Å². The zero-order chi connectivity index (χ0) is 12.7. The van der Waals surface area contributed by atoms with E-state index in [0.717, 1.165) is 11.3 Å². The molecule has 0 fully saturated rings. The minimum atomic E-state index is -0.204. The van der Waals surface area contributed by atoms with Crippen LogP contribution in [0.4, 0.5) is 4.79 Å². The summed E-state index contributed by atoms with van der Waals surface area (Å²) < 4.78 is 5.05. The summed E-state index contributed by atoms with van der Waals surface area (Å²) in [6.07, 6.45) is 3.43. The van der Waals surface area contributed by atoms with Crippen LogP contribution in [-0.2, 0) is 0 Å². The van der Waals surface area contributed by atoms with E-state index < -0.39 is 0 Å². The van der Waals surface area contributed by atoms with Crippen molar-refractivity contribution in [1.82, 2.24) is 10.6 Å². The van der Waals surface area contributed by atoms with Crippen LogP contribution in [0.3, 0.4) is 0 Å². The van der Waals surface area contributed by atoms with Gasteiger partial charge in [-0.1, -0.05) is 12.1 Å². The van der Waals surface area contributed by atoms with Crippen molar-refractivity contribution in [3.8, 4) is 5.75 Å². The van der Waals surface area contributed by atoms with E-state index in [0.29, 0.717) is 0 Å². The lowest BCUT2D eigenvalue weighted by molar-refractivity contribution is 0.242. The number of amides is 2. The van der Waals surface area contributed by atoms with Gasteiger partial charge in [-0.15, -0.1) is 0 Å². The highest BCUT2D eigenvalue weighted by Crippen LogP contribution is 2.11. The molecule has 4 heteroatoms. The zero-order valence-corrected chi connectivity index (χ0v) is 10.4. The van der Waals surface area contributed by atoms with Gasteiger partial charge in [0.2, 0.25) is 0 Å². The average molecular weight is 234 g/mol. The van der Waals surface area contributed by atoms with Crippen LogP contribution in [0.1, 0.15) is 19.4 Å². The molecule has 1 aromatic rings. The Labute approximate surface area is 102 Å². The number of hydrogen-bond donors (Lipinski definition) is 2. The maximum atomic E-state index is 11.3. The summed E-state index contributed by atoms with van der Waals surface area (Å²) in [5.41, 5.74) is 0.996. The zero-order valence-electron chi connectivity index (χ0n) is 10.4. The summed E-state index contributed by atoms with van der Waals surface area (Å²) in [7, 11) is 1.63. The van der Waals surface area contributed by atoms with Gasteiger partial charge in [0.15, 0.2) is 0 Å². The highest BCUT2D eigenvalue weighted by Gasteiger charge is 1.98. The number of urea groups is 1. The van der Waals surface area contributed by atoms with Crippen LogP contribution < -0.4 is 15.4 Å². The van der Waals surface area contributed by atoms with Crippen molar-refractivity contribution in [3.63, 3.8) is 0 Å². The van der Waals surface area contributed by atoms with Crippen LogP contribution in [-0.4, -0.2) is 19.2 Å². The van der Waals surface area contributed by atoms with Gasteiger partial charge in [-0.2, -0.15) is 0 Å². The Morgan fingerprint density at radius 2 is 1.94 bits per heavy atom. The fourth-order valence-corrected chi connectivity index (χ4v) is 1.23. The Morgan fingerprint density at radius 3 is 2.47 bits per heavy atom. The number of carbonyl (C=O) groups excluding carboxylic acids is 1. The lowest BCUT2D eigenvalue weighted by Gasteiger charge is -2.06. The molecule has 2 amide bonds. The summed E-state index contributed by atoms with van der Waals surface area (Å²) in [6.45, 7) is 3.82. The smallest absolute Gasteiger partial charge is 0.318 e. The van der Waals surface area contributed by atoms with Gasteiger partial charge < -0.3 is 15.4 Å². The molecule has 0 atom stereocenters. The molecule has 0 radical (unpaired) electrons. The molecule has 0 bridgehead atoms. The molecule has 0 heterocycles. The van der Waals surface area contributed by atoms with Crippen LogP contribution in [0.15, 0.2) is 30.5 Å². The first-order valence-electron chi connectivity index (χ1n) is 5.49. The molecule has 1 aromatic carbocycles. The maximum Gasteiger partial charge on any atom is 0.318 e. The monoisotopic (exact) mass is 234 g/mol. The standard InChI is InChI=1S/C13H18N2O2/c1-10(2)15-13(16)14-9-8-11-4-6-12(17-3)7-5-11/h4-10H,1-3H3,(H2,14,15,16)/b9-8+. The third-order valence-corrected chi connectivity index (χ3v) is 2.03. The van der Waals surface area contributed by atoms with E-state index in [9.17, 15) is 4.79 Å². The summed E-state index contributed by atoms with van der Waals surface area (Å²) >= 11 is 0. The van der Waals surface area contributed by atoms with Gasteiger partial charge in [0.05, 0.1) is 7.11 Å². The molecule has 4 nitrogen and oxygen atoms in total. The maximum absolute atomic E-state index is 11.3. The van der Waals surface area contributed by atoms with E-state index >= 15 is 0 Å². The van der Waals surface area contributed by atoms with Crippen molar-refractivity contribution in [1.29, 1.82) is 0 Å². The second-order valence-electron chi connectivity index (χ2n) is 3.88. The Bertz CT molecular complexity index is 383. The van der Waals surface area contributed by atoms with E-state index in [2.05, 4.69) is 10.6 Å². The highest BCUT2D eigenvalue weighted by molar-refractivity contribution is 5.76. The first-order chi connectivity index (χ1) is 8.11. The van der Waals surface area contributed by atoms with Crippen LogP contribution in [0, 0.1) is 0 Å². The Kier molecular flexibility index (Phi) is 5.07. The third-order valence-electron chi connectivity index (χ3n) is 2.03. The summed E-state index contributed by atoms with van der Waals surface area (Å²) in [5.74, 6) is 0.813. The van der Waals surface area contributed by atoms with E-state index in [4.69, 9.17) is 4.74 Å². The molecule has 0 aliphatic heterocycles. The molecule has 1 rings (SSSR count). The second kappa shape index (κ2) is 6.58. The van der Waals surface area contributed by atoms with Crippen molar-refractivity contribution >= 4 is 12.1 Å². The molecular weight excluding hydrogens is 216 g/mol. The van der Waals surface area contributed by atoms with Crippen LogP contribution in [0.25, 0.3) is 6.08 Å². The fourth-order valence-electron chi connectivity index (χ4n) is 1.23. The molecule has 0 spiro atoms. The van der Waals surface area contributed by atoms with Gasteiger partial charge in [-0.3, -0.25) is 0 Å². The topological polar surface area (TPSA) is 50.4 Å². The van der Waals surface area contributed by atoms with Crippen molar-refractivity contribution in [2.45, 2.75) is 19.9 Å². The predicted octanol–water partition coefficient (Wildman–Crippen LogP) is 2.37. The van der Waals surface area contributed by atoms with Crippen LogP contribution in [0.5, 0.6) is 5.75 Å². The minimum Gasteiger partial charge on any atom is -0.497 e. The average Bonchev–Trinajstić information content (AvgIpc) is 2.29. The third kappa shape index (κ3) is 5.06. The van der Waals surface area contributed by atoms with E-state index in [1.165, 1.54) is 0 Å². The first-order valence-corrected chi connectivity index (χ1v) is 5.49. The number of rotatable bonds is 4. The fraction of sp³-hybridized carbons (Fsp3) is 0.308. The Balaban J connectivity index is 2.45. The number of carbonyl (C=O) groups is 1. The molecule has 0 unspecified atom stereocenters. The van der Waals surface area contributed by atoms with Crippen molar-refractivity contribution < 1.29 is 9.53 Å².